The first-order valence-corrected chi connectivity index (χ1v) is 9.80. The third-order valence-electron chi connectivity index (χ3n) is 4.89. The van der Waals surface area contributed by atoms with Crippen molar-refractivity contribution < 1.29 is 9.47 Å². The highest BCUT2D eigenvalue weighted by molar-refractivity contribution is 7.07. The number of nitrogens with one attached hydrogen (secondary N) is 1. The molecule has 2 aromatic heterocycles. The van der Waals surface area contributed by atoms with Crippen molar-refractivity contribution in [1.29, 1.82) is 0 Å². The smallest absolute Gasteiger partial charge is 0.114 e. The van der Waals surface area contributed by atoms with E-state index in [4.69, 9.17) is 14.6 Å². The van der Waals surface area contributed by atoms with Gasteiger partial charge in [0.25, 0.3) is 0 Å². The van der Waals surface area contributed by atoms with Gasteiger partial charge in [0, 0.05) is 39.0 Å². The van der Waals surface area contributed by atoms with Gasteiger partial charge in [-0.15, -0.1) is 0 Å². The van der Waals surface area contributed by atoms with Crippen LogP contribution in [0.2, 0.25) is 0 Å². The Hall–Kier alpha value is -1.21. The third-order valence-corrected chi connectivity index (χ3v) is 5.62. The second-order valence-electron chi connectivity index (χ2n) is 6.69. The molecule has 1 fully saturated rings. The van der Waals surface area contributed by atoms with Gasteiger partial charge in [0.1, 0.15) is 6.10 Å². The van der Waals surface area contributed by atoms with E-state index in [1.807, 2.05) is 0 Å². The Morgan fingerprint density at radius 1 is 1.29 bits per heavy atom. The van der Waals surface area contributed by atoms with Crippen molar-refractivity contribution in [2.45, 2.75) is 38.5 Å². The van der Waals surface area contributed by atoms with Crippen LogP contribution in [0, 0.1) is 5.92 Å². The highest BCUT2D eigenvalue weighted by Gasteiger charge is 2.25. The predicted molar refractivity (Wildman–Crippen MR) is 94.2 cm³/mol. The van der Waals surface area contributed by atoms with E-state index in [0.29, 0.717) is 5.92 Å². The fourth-order valence-corrected chi connectivity index (χ4v) is 4.18. The molecular weight excluding hydrogens is 322 g/mol. The molecule has 0 spiro atoms. The molecule has 0 radical (unpaired) electrons. The van der Waals surface area contributed by atoms with E-state index in [9.17, 15) is 0 Å². The first-order valence-electron chi connectivity index (χ1n) is 8.86. The molecule has 24 heavy (non-hydrogen) atoms. The first kappa shape index (κ1) is 16.3. The van der Waals surface area contributed by atoms with Crippen molar-refractivity contribution >= 4 is 11.3 Å². The summed E-state index contributed by atoms with van der Waals surface area (Å²) in [6.45, 7) is 5.29. The van der Waals surface area contributed by atoms with E-state index >= 15 is 0 Å². The van der Waals surface area contributed by atoms with E-state index in [0.717, 1.165) is 64.4 Å². The molecule has 4 rings (SSSR count). The normalized spacial score (nSPS) is 21.8. The maximum Gasteiger partial charge on any atom is 0.114 e. The van der Waals surface area contributed by atoms with Crippen molar-refractivity contribution in [2.75, 3.05) is 26.4 Å². The average Bonchev–Trinajstić information content (AvgIpc) is 3.25. The molecule has 1 saturated heterocycles. The van der Waals surface area contributed by atoms with E-state index in [1.165, 1.54) is 11.1 Å². The summed E-state index contributed by atoms with van der Waals surface area (Å²) in [6.07, 6.45) is 5.58. The number of aromatic nitrogens is 2. The predicted octanol–water partition coefficient (Wildman–Crippen LogP) is 2.77. The molecular formula is C18H25N3O2S. The van der Waals surface area contributed by atoms with Crippen molar-refractivity contribution in [3.05, 3.63) is 39.8 Å². The molecule has 0 aliphatic carbocycles. The first-order chi connectivity index (χ1) is 11.9. The van der Waals surface area contributed by atoms with Gasteiger partial charge < -0.3 is 14.8 Å². The molecule has 6 heteroatoms. The number of rotatable bonds is 6. The van der Waals surface area contributed by atoms with Crippen LogP contribution < -0.4 is 5.32 Å². The highest BCUT2D eigenvalue weighted by Crippen LogP contribution is 2.26. The van der Waals surface area contributed by atoms with Gasteiger partial charge in [-0.25, -0.2) is 0 Å². The molecule has 5 nitrogen and oxygen atoms in total. The van der Waals surface area contributed by atoms with Gasteiger partial charge in [-0.2, -0.15) is 16.4 Å². The summed E-state index contributed by atoms with van der Waals surface area (Å²) in [4.78, 5) is 0. The summed E-state index contributed by atoms with van der Waals surface area (Å²) in [5, 5.41) is 12.7. The van der Waals surface area contributed by atoms with E-state index in [1.54, 1.807) is 11.3 Å². The zero-order valence-electron chi connectivity index (χ0n) is 13.9. The van der Waals surface area contributed by atoms with Crippen molar-refractivity contribution in [3.8, 4) is 0 Å². The largest absolute Gasteiger partial charge is 0.381 e. The molecule has 2 aromatic rings. The van der Waals surface area contributed by atoms with Gasteiger partial charge >= 0.3 is 0 Å². The molecule has 0 aromatic carbocycles. The van der Waals surface area contributed by atoms with Crippen LogP contribution in [-0.2, 0) is 29.0 Å². The second kappa shape index (κ2) is 7.78. The SMILES string of the molecule is c1cc(CNC[C@@H]2OCCc3cn(CC4CCOCC4)nc32)cs1. The van der Waals surface area contributed by atoms with Crippen LogP contribution in [0.4, 0.5) is 0 Å². The summed E-state index contributed by atoms with van der Waals surface area (Å²) in [5.74, 6) is 0.691. The van der Waals surface area contributed by atoms with Crippen molar-refractivity contribution in [2.24, 2.45) is 5.92 Å². The van der Waals surface area contributed by atoms with E-state index in [-0.39, 0.29) is 6.10 Å². The van der Waals surface area contributed by atoms with Gasteiger partial charge in [-0.1, -0.05) is 0 Å². The van der Waals surface area contributed by atoms with Crippen LogP contribution in [0.25, 0.3) is 0 Å². The Labute approximate surface area is 147 Å². The molecule has 2 aliphatic rings. The van der Waals surface area contributed by atoms with Crippen molar-refractivity contribution in [3.63, 3.8) is 0 Å². The molecule has 1 N–H and O–H groups in total. The highest BCUT2D eigenvalue weighted by atomic mass is 32.1. The summed E-state index contributed by atoms with van der Waals surface area (Å²) in [6, 6.07) is 2.16. The van der Waals surface area contributed by atoms with Gasteiger partial charge in [0.15, 0.2) is 0 Å². The quantitative estimate of drug-likeness (QED) is 0.873. The van der Waals surface area contributed by atoms with Gasteiger partial charge in [-0.3, -0.25) is 4.68 Å². The molecule has 1 atom stereocenters. The molecule has 0 amide bonds. The molecule has 0 bridgehead atoms. The Morgan fingerprint density at radius 2 is 2.21 bits per heavy atom. The number of hydrogen-bond donors (Lipinski definition) is 1. The average molecular weight is 347 g/mol. The topological polar surface area (TPSA) is 48.3 Å². The zero-order valence-corrected chi connectivity index (χ0v) is 14.8. The summed E-state index contributed by atoms with van der Waals surface area (Å²) < 4.78 is 13.6. The van der Waals surface area contributed by atoms with Crippen LogP contribution >= 0.6 is 11.3 Å². The minimum atomic E-state index is 0.0725. The lowest BCUT2D eigenvalue weighted by molar-refractivity contribution is 0.0388. The van der Waals surface area contributed by atoms with Gasteiger partial charge in [0.2, 0.25) is 0 Å². The fourth-order valence-electron chi connectivity index (χ4n) is 3.51. The summed E-state index contributed by atoms with van der Waals surface area (Å²) in [7, 11) is 0. The summed E-state index contributed by atoms with van der Waals surface area (Å²) in [5.41, 5.74) is 3.82. The fraction of sp³-hybridized carbons (Fsp3) is 0.611. The molecule has 2 aliphatic heterocycles. The lowest BCUT2D eigenvalue weighted by Crippen LogP contribution is -2.27. The van der Waals surface area contributed by atoms with Crippen LogP contribution in [0.3, 0.4) is 0 Å². The van der Waals surface area contributed by atoms with E-state index in [2.05, 4.69) is 33.0 Å². The number of ether oxygens (including phenoxy) is 2. The Kier molecular flexibility index (Phi) is 5.27. The maximum absolute atomic E-state index is 5.97. The van der Waals surface area contributed by atoms with Crippen LogP contribution in [-0.4, -0.2) is 36.1 Å². The molecule has 130 valence electrons. The monoisotopic (exact) mass is 347 g/mol. The number of hydrogen-bond acceptors (Lipinski definition) is 5. The Morgan fingerprint density at radius 3 is 3.04 bits per heavy atom. The lowest BCUT2D eigenvalue weighted by Gasteiger charge is -2.22. The van der Waals surface area contributed by atoms with Gasteiger partial charge in [0.05, 0.1) is 12.3 Å². The maximum atomic E-state index is 5.97. The summed E-state index contributed by atoms with van der Waals surface area (Å²) >= 11 is 1.74. The standard InChI is InChI=1S/C18H25N3O2S/c1-5-22-6-2-14(1)11-21-12-16-3-7-23-17(18(16)20-21)10-19-9-15-4-8-24-13-15/h4,8,12-14,17,19H,1-3,5-7,9-11H2/t17-/m0/s1. The van der Waals surface area contributed by atoms with Crippen molar-refractivity contribution in [1.82, 2.24) is 15.1 Å². The lowest BCUT2D eigenvalue weighted by atomic mass is 10.0. The van der Waals surface area contributed by atoms with Crippen LogP contribution in [0.5, 0.6) is 0 Å². The molecule has 0 unspecified atom stereocenters. The Balaban J connectivity index is 1.36. The second-order valence-corrected chi connectivity index (χ2v) is 7.47. The minimum Gasteiger partial charge on any atom is -0.381 e. The zero-order chi connectivity index (χ0) is 16.2. The van der Waals surface area contributed by atoms with Crippen LogP contribution in [0.15, 0.2) is 23.0 Å². The molecule has 0 saturated carbocycles. The number of thiophene rings is 1. The number of nitrogens with zero attached hydrogens (tertiary/aromatic N) is 2. The number of fused-ring (bicyclic) bond motifs is 1. The minimum absolute atomic E-state index is 0.0725. The third kappa shape index (κ3) is 3.88. The van der Waals surface area contributed by atoms with Gasteiger partial charge in [-0.05, 0) is 53.1 Å². The molecule has 4 heterocycles. The van der Waals surface area contributed by atoms with Crippen LogP contribution in [0.1, 0.15) is 35.8 Å². The Bertz CT molecular complexity index is 635. The van der Waals surface area contributed by atoms with E-state index < -0.39 is 0 Å².